The summed E-state index contributed by atoms with van der Waals surface area (Å²) in [7, 11) is -2.25. The van der Waals surface area contributed by atoms with Gasteiger partial charge in [-0.1, -0.05) is 74.8 Å². The fraction of sp³-hybridized carbons (Fsp3) is 0.457. The van der Waals surface area contributed by atoms with Crippen LogP contribution in [-0.2, 0) is 13.9 Å². The number of pyridine rings is 1. The first kappa shape index (κ1) is 36.1. The monoisotopic (exact) mass is 653 g/mol. The van der Waals surface area contributed by atoms with E-state index in [9.17, 15) is 9.59 Å². The smallest absolute Gasteiger partial charge is 0.410 e. The second-order valence-electron chi connectivity index (χ2n) is 13.5. The maximum atomic E-state index is 13.5. The molecule has 0 radical (unpaired) electrons. The normalized spacial score (nSPS) is 12.8. The molecule has 0 bridgehead atoms. The fourth-order valence-corrected chi connectivity index (χ4v) is 5.79. The second-order valence-corrected chi connectivity index (χ2v) is 18.6. The highest BCUT2D eigenvalue weighted by Crippen LogP contribution is 2.40. The maximum absolute atomic E-state index is 13.5. The minimum Gasteiger partial charge on any atom is -0.461 e. The summed E-state index contributed by atoms with van der Waals surface area (Å²) >= 11 is 6.39. The highest BCUT2D eigenvalue weighted by molar-refractivity contribution is 6.74. The molecule has 3 aromatic rings. The Kier molecular flexibility index (Phi) is 12.2. The third-order valence-corrected chi connectivity index (χ3v) is 12.4. The average Bonchev–Trinajstić information content (AvgIpc) is 2.95. The Labute approximate surface area is 274 Å². The van der Waals surface area contributed by atoms with Crippen molar-refractivity contribution in [2.45, 2.75) is 78.3 Å². The number of carbonyl (C=O) groups is 2. The predicted molar refractivity (Wildman–Crippen MR) is 184 cm³/mol. The first-order chi connectivity index (χ1) is 21.0. The Morgan fingerprint density at radius 2 is 1.67 bits per heavy atom. The number of carbonyl (C=O) groups excluding carboxylic acids is 2. The summed E-state index contributed by atoms with van der Waals surface area (Å²) in [5.41, 5.74) is 1.98. The summed E-state index contributed by atoms with van der Waals surface area (Å²) in [5.74, 6) is -0.00619. The van der Waals surface area contributed by atoms with Gasteiger partial charge in [0.15, 0.2) is 14.0 Å². The molecule has 1 N–H and O–H groups in total. The summed E-state index contributed by atoms with van der Waals surface area (Å²) in [6.07, 6.45) is -0.870. The van der Waals surface area contributed by atoms with Crippen molar-refractivity contribution < 1.29 is 23.5 Å². The summed E-state index contributed by atoms with van der Waals surface area (Å²) in [6, 6.07) is 20.8. The molecule has 8 nitrogen and oxygen atoms in total. The van der Waals surface area contributed by atoms with Gasteiger partial charge in [-0.2, -0.15) is 0 Å². The van der Waals surface area contributed by atoms with Gasteiger partial charge in [0.2, 0.25) is 0 Å². The molecule has 0 aliphatic carbocycles. The van der Waals surface area contributed by atoms with Crippen LogP contribution in [0.15, 0.2) is 66.7 Å². The molecule has 1 atom stereocenters. The van der Waals surface area contributed by atoms with Crippen LogP contribution in [-0.4, -0.2) is 62.1 Å². The van der Waals surface area contributed by atoms with E-state index in [1.807, 2.05) is 87.5 Å². The zero-order chi connectivity index (χ0) is 33.4. The van der Waals surface area contributed by atoms with E-state index in [2.05, 4.69) is 44.2 Å². The molecule has 45 heavy (non-hydrogen) atoms. The van der Waals surface area contributed by atoms with E-state index in [4.69, 9.17) is 25.5 Å². The Balaban J connectivity index is 1.89. The molecule has 0 saturated heterocycles. The van der Waals surface area contributed by atoms with Gasteiger partial charge < -0.3 is 24.1 Å². The van der Waals surface area contributed by atoms with E-state index in [0.717, 1.165) is 11.1 Å². The lowest BCUT2D eigenvalue weighted by Crippen LogP contribution is -2.46. The van der Waals surface area contributed by atoms with Crippen LogP contribution in [0.4, 0.5) is 10.6 Å². The van der Waals surface area contributed by atoms with Crippen molar-refractivity contribution in [3.8, 4) is 11.1 Å². The Morgan fingerprint density at radius 1 is 0.978 bits per heavy atom. The SMILES string of the molecule is CCOC(=O)c1nc(NCCN(CC(O[Si](C)(C)C(C)(C)C)c2cccc(Cl)c2)C(=O)OC(C)(C)C)ccc1-c1ccccc1. The number of hydrogen-bond donors (Lipinski definition) is 1. The van der Waals surface area contributed by atoms with Crippen LogP contribution in [0.1, 0.15) is 70.6 Å². The first-order valence-electron chi connectivity index (χ1n) is 15.4. The Morgan fingerprint density at radius 3 is 2.27 bits per heavy atom. The van der Waals surface area contributed by atoms with Gasteiger partial charge in [0.25, 0.3) is 0 Å². The van der Waals surface area contributed by atoms with E-state index < -0.39 is 32.1 Å². The van der Waals surface area contributed by atoms with Gasteiger partial charge in [-0.15, -0.1) is 0 Å². The topological polar surface area (TPSA) is 90.0 Å². The van der Waals surface area contributed by atoms with Crippen LogP contribution >= 0.6 is 11.6 Å². The minimum absolute atomic E-state index is 0.0453. The minimum atomic E-state index is -2.25. The van der Waals surface area contributed by atoms with Crippen molar-refractivity contribution in [2.75, 3.05) is 31.6 Å². The highest BCUT2D eigenvalue weighted by atomic mass is 35.5. The van der Waals surface area contributed by atoms with E-state index in [1.54, 1.807) is 11.8 Å². The van der Waals surface area contributed by atoms with Crippen LogP contribution < -0.4 is 5.32 Å². The molecule has 3 rings (SSSR count). The summed E-state index contributed by atoms with van der Waals surface area (Å²) in [4.78, 5) is 32.7. The lowest BCUT2D eigenvalue weighted by molar-refractivity contribution is 0.0165. The van der Waals surface area contributed by atoms with Gasteiger partial charge in [-0.3, -0.25) is 0 Å². The largest absolute Gasteiger partial charge is 0.461 e. The molecule has 0 saturated carbocycles. The highest BCUT2D eigenvalue weighted by Gasteiger charge is 2.40. The van der Waals surface area contributed by atoms with E-state index in [0.29, 0.717) is 29.5 Å². The van der Waals surface area contributed by atoms with Crippen molar-refractivity contribution in [1.29, 1.82) is 0 Å². The van der Waals surface area contributed by atoms with Gasteiger partial charge in [0.05, 0.1) is 19.3 Å². The molecule has 1 aromatic heterocycles. The molecule has 10 heteroatoms. The van der Waals surface area contributed by atoms with Gasteiger partial charge in [0.1, 0.15) is 11.4 Å². The summed E-state index contributed by atoms with van der Waals surface area (Å²) < 4.78 is 18.0. The van der Waals surface area contributed by atoms with Crippen LogP contribution in [0.3, 0.4) is 0 Å². The van der Waals surface area contributed by atoms with Crippen LogP contribution in [0.25, 0.3) is 11.1 Å². The van der Waals surface area contributed by atoms with Crippen molar-refractivity contribution >= 4 is 37.8 Å². The zero-order valence-corrected chi connectivity index (χ0v) is 29.8. The maximum Gasteiger partial charge on any atom is 0.410 e. The third kappa shape index (κ3) is 10.6. The number of halogens is 1. The van der Waals surface area contributed by atoms with E-state index in [1.165, 1.54) is 0 Å². The van der Waals surface area contributed by atoms with Gasteiger partial charge in [-0.05, 0) is 81.2 Å². The lowest BCUT2D eigenvalue weighted by atomic mass is 10.0. The third-order valence-electron chi connectivity index (χ3n) is 7.64. The molecule has 1 unspecified atom stereocenters. The van der Waals surface area contributed by atoms with Crippen LogP contribution in [0, 0.1) is 0 Å². The van der Waals surface area contributed by atoms with E-state index in [-0.39, 0.29) is 23.9 Å². The number of ether oxygens (including phenoxy) is 2. The van der Waals surface area contributed by atoms with Crippen molar-refractivity contribution in [2.24, 2.45) is 0 Å². The molecular weight excluding hydrogens is 606 g/mol. The molecule has 0 spiro atoms. The number of nitrogens with one attached hydrogen (secondary N) is 1. The quantitative estimate of drug-likeness (QED) is 0.154. The fourth-order valence-electron chi connectivity index (χ4n) is 4.32. The number of aromatic nitrogens is 1. The molecule has 244 valence electrons. The molecule has 0 aliphatic heterocycles. The Hall–Kier alpha value is -3.40. The number of hydrogen-bond acceptors (Lipinski definition) is 7. The number of esters is 1. The molecular formula is C35H48ClN3O5Si. The van der Waals surface area contributed by atoms with E-state index >= 15 is 0 Å². The van der Waals surface area contributed by atoms with Gasteiger partial charge in [-0.25, -0.2) is 14.6 Å². The predicted octanol–water partition coefficient (Wildman–Crippen LogP) is 8.99. The van der Waals surface area contributed by atoms with Crippen LogP contribution in [0.5, 0.6) is 0 Å². The molecule has 2 aromatic carbocycles. The molecule has 1 amide bonds. The average molecular weight is 654 g/mol. The second kappa shape index (κ2) is 15.3. The first-order valence-corrected chi connectivity index (χ1v) is 18.7. The number of benzene rings is 2. The lowest BCUT2D eigenvalue weighted by Gasteiger charge is -2.40. The standard InChI is InChI=1S/C35H48ClN3O5Si/c1-10-42-32(40)31-28(25-15-12-11-13-16-25)19-20-30(38-31)37-21-22-39(33(41)43-34(2,3)4)24-29(26-17-14-18-27(36)23-26)44-45(8,9)35(5,6)7/h11-20,23,29H,10,21-22,24H2,1-9H3,(H,37,38). The number of rotatable bonds is 12. The number of amides is 1. The molecule has 0 aliphatic rings. The van der Waals surface area contributed by atoms with Crippen molar-refractivity contribution in [1.82, 2.24) is 9.88 Å². The van der Waals surface area contributed by atoms with Crippen molar-refractivity contribution in [3.05, 3.63) is 83.0 Å². The zero-order valence-electron chi connectivity index (χ0n) is 28.1. The molecule has 1 heterocycles. The summed E-state index contributed by atoms with van der Waals surface area (Å²) in [5, 5.41) is 3.84. The number of nitrogens with zero attached hydrogens (tertiary/aromatic N) is 2. The van der Waals surface area contributed by atoms with Crippen LogP contribution in [0.2, 0.25) is 23.2 Å². The van der Waals surface area contributed by atoms with Gasteiger partial charge >= 0.3 is 12.1 Å². The summed E-state index contributed by atoms with van der Waals surface area (Å²) in [6.45, 7) is 19.4. The van der Waals surface area contributed by atoms with Crippen molar-refractivity contribution in [3.63, 3.8) is 0 Å². The number of anilines is 1. The van der Waals surface area contributed by atoms with Gasteiger partial charge in [0, 0.05) is 23.7 Å². The molecule has 0 fully saturated rings. The Bertz CT molecular complexity index is 1440.